The van der Waals surface area contributed by atoms with Gasteiger partial charge in [0.1, 0.15) is 6.04 Å². The standard InChI is InChI=1S/C10H19N3O3/c1-8(9(14)15)12-10(16)11-4-7-13-5-2-3-6-13/h8H,2-7H2,1H3,(H,14,15)(H2,11,12,16)/t8-/m0/s1. The van der Waals surface area contributed by atoms with Crippen LogP contribution in [0.4, 0.5) is 4.79 Å². The predicted octanol–water partition coefficient (Wildman–Crippen LogP) is -0.145. The van der Waals surface area contributed by atoms with E-state index in [-0.39, 0.29) is 0 Å². The molecule has 0 aliphatic carbocycles. The van der Waals surface area contributed by atoms with Gasteiger partial charge in [-0.3, -0.25) is 4.79 Å². The molecule has 6 nitrogen and oxygen atoms in total. The summed E-state index contributed by atoms with van der Waals surface area (Å²) in [6.07, 6.45) is 2.45. The lowest BCUT2D eigenvalue weighted by atomic mass is 10.3. The minimum Gasteiger partial charge on any atom is -0.480 e. The van der Waals surface area contributed by atoms with Crippen LogP contribution in [0.15, 0.2) is 0 Å². The Morgan fingerprint density at radius 2 is 2.00 bits per heavy atom. The molecule has 1 fully saturated rings. The fraction of sp³-hybridized carbons (Fsp3) is 0.800. The highest BCUT2D eigenvalue weighted by Crippen LogP contribution is 2.05. The zero-order chi connectivity index (χ0) is 12.0. The summed E-state index contributed by atoms with van der Waals surface area (Å²) in [6.45, 7) is 5.00. The van der Waals surface area contributed by atoms with Crippen molar-refractivity contribution in [3.63, 3.8) is 0 Å². The number of aliphatic carboxylic acids is 1. The van der Waals surface area contributed by atoms with Gasteiger partial charge in [0.05, 0.1) is 0 Å². The zero-order valence-electron chi connectivity index (χ0n) is 9.53. The third-order valence-electron chi connectivity index (χ3n) is 2.63. The molecule has 0 aromatic heterocycles. The van der Waals surface area contributed by atoms with Gasteiger partial charge in [0, 0.05) is 13.1 Å². The van der Waals surface area contributed by atoms with Crippen LogP contribution in [0.5, 0.6) is 0 Å². The minimum absolute atomic E-state index is 0.422. The molecule has 1 heterocycles. The number of hydrogen-bond acceptors (Lipinski definition) is 3. The molecule has 6 heteroatoms. The van der Waals surface area contributed by atoms with E-state index in [9.17, 15) is 9.59 Å². The third kappa shape index (κ3) is 4.48. The number of nitrogens with one attached hydrogen (secondary N) is 2. The van der Waals surface area contributed by atoms with Gasteiger partial charge in [0.15, 0.2) is 0 Å². The quantitative estimate of drug-likeness (QED) is 0.612. The zero-order valence-corrected chi connectivity index (χ0v) is 9.53. The molecule has 16 heavy (non-hydrogen) atoms. The van der Waals surface area contributed by atoms with Gasteiger partial charge in [-0.1, -0.05) is 0 Å². The molecule has 0 radical (unpaired) electrons. The number of nitrogens with zero attached hydrogens (tertiary/aromatic N) is 1. The van der Waals surface area contributed by atoms with Crippen LogP contribution in [-0.2, 0) is 4.79 Å². The fourth-order valence-corrected chi connectivity index (χ4v) is 1.64. The smallest absolute Gasteiger partial charge is 0.325 e. The maximum absolute atomic E-state index is 11.2. The topological polar surface area (TPSA) is 81.7 Å². The van der Waals surface area contributed by atoms with Crippen LogP contribution < -0.4 is 10.6 Å². The largest absolute Gasteiger partial charge is 0.480 e. The van der Waals surface area contributed by atoms with Crippen molar-refractivity contribution in [3.8, 4) is 0 Å². The van der Waals surface area contributed by atoms with E-state index in [0.717, 1.165) is 19.6 Å². The average molecular weight is 229 g/mol. The Bertz CT molecular complexity index is 252. The number of carboxylic acids is 1. The van der Waals surface area contributed by atoms with Gasteiger partial charge in [-0.15, -0.1) is 0 Å². The average Bonchev–Trinajstić information content (AvgIpc) is 2.70. The molecule has 1 aliphatic heterocycles. The van der Waals surface area contributed by atoms with E-state index >= 15 is 0 Å². The van der Waals surface area contributed by atoms with Crippen molar-refractivity contribution in [1.29, 1.82) is 0 Å². The molecule has 0 aromatic carbocycles. The normalized spacial score (nSPS) is 18.1. The van der Waals surface area contributed by atoms with Crippen LogP contribution >= 0.6 is 0 Å². The Hall–Kier alpha value is -1.30. The lowest BCUT2D eigenvalue weighted by Gasteiger charge is -2.15. The predicted molar refractivity (Wildman–Crippen MR) is 59.3 cm³/mol. The number of urea groups is 1. The van der Waals surface area contributed by atoms with Gasteiger partial charge in [-0.25, -0.2) is 4.79 Å². The minimum atomic E-state index is -1.03. The van der Waals surface area contributed by atoms with Crippen molar-refractivity contribution in [3.05, 3.63) is 0 Å². The van der Waals surface area contributed by atoms with Crippen molar-refractivity contribution < 1.29 is 14.7 Å². The fourth-order valence-electron chi connectivity index (χ4n) is 1.64. The maximum Gasteiger partial charge on any atom is 0.325 e. The summed E-state index contributed by atoms with van der Waals surface area (Å²) in [4.78, 5) is 24.0. The SMILES string of the molecule is C[C@H](NC(=O)NCCN1CCCC1)C(=O)O. The van der Waals surface area contributed by atoms with E-state index in [4.69, 9.17) is 5.11 Å². The van der Waals surface area contributed by atoms with Crippen molar-refractivity contribution in [1.82, 2.24) is 15.5 Å². The van der Waals surface area contributed by atoms with E-state index in [1.807, 2.05) is 0 Å². The molecule has 1 atom stereocenters. The van der Waals surface area contributed by atoms with E-state index in [0.29, 0.717) is 6.54 Å². The van der Waals surface area contributed by atoms with E-state index in [2.05, 4.69) is 15.5 Å². The highest BCUT2D eigenvalue weighted by atomic mass is 16.4. The molecule has 92 valence electrons. The Balaban J connectivity index is 2.07. The molecule has 1 aliphatic rings. The van der Waals surface area contributed by atoms with Gasteiger partial charge in [0.25, 0.3) is 0 Å². The number of amides is 2. The molecule has 1 saturated heterocycles. The van der Waals surface area contributed by atoms with E-state index in [1.165, 1.54) is 19.8 Å². The maximum atomic E-state index is 11.2. The van der Waals surface area contributed by atoms with Crippen LogP contribution in [0, 0.1) is 0 Å². The summed E-state index contributed by atoms with van der Waals surface area (Å²) in [5.41, 5.74) is 0. The van der Waals surface area contributed by atoms with Gasteiger partial charge >= 0.3 is 12.0 Å². The van der Waals surface area contributed by atoms with Gasteiger partial charge in [0.2, 0.25) is 0 Å². The van der Waals surface area contributed by atoms with Gasteiger partial charge in [-0.05, 0) is 32.9 Å². The van der Waals surface area contributed by atoms with Crippen LogP contribution in [0.3, 0.4) is 0 Å². The summed E-state index contributed by atoms with van der Waals surface area (Å²) >= 11 is 0. The molecule has 0 bridgehead atoms. The summed E-state index contributed by atoms with van der Waals surface area (Å²) in [5.74, 6) is -1.03. The first-order chi connectivity index (χ1) is 7.59. The molecule has 2 amide bonds. The van der Waals surface area contributed by atoms with Crippen molar-refractivity contribution in [2.75, 3.05) is 26.2 Å². The molecular weight excluding hydrogens is 210 g/mol. The monoisotopic (exact) mass is 229 g/mol. The Kier molecular flexibility index (Phi) is 5.04. The Morgan fingerprint density at radius 3 is 2.56 bits per heavy atom. The highest BCUT2D eigenvalue weighted by Gasteiger charge is 2.14. The lowest BCUT2D eigenvalue weighted by molar-refractivity contribution is -0.138. The first kappa shape index (κ1) is 12.8. The van der Waals surface area contributed by atoms with Crippen molar-refractivity contribution >= 4 is 12.0 Å². The molecule has 1 rings (SSSR count). The van der Waals surface area contributed by atoms with E-state index < -0.39 is 18.0 Å². The molecule has 0 unspecified atom stereocenters. The number of rotatable bonds is 5. The van der Waals surface area contributed by atoms with Crippen LogP contribution in [0.1, 0.15) is 19.8 Å². The van der Waals surface area contributed by atoms with Crippen molar-refractivity contribution in [2.24, 2.45) is 0 Å². The Morgan fingerprint density at radius 1 is 1.38 bits per heavy atom. The van der Waals surface area contributed by atoms with Crippen LogP contribution in [0.25, 0.3) is 0 Å². The Labute approximate surface area is 95.0 Å². The molecule has 0 aromatic rings. The van der Waals surface area contributed by atoms with Crippen LogP contribution in [0.2, 0.25) is 0 Å². The number of carboxylic acid groups (broad SMARTS) is 1. The summed E-state index contributed by atoms with van der Waals surface area (Å²) in [7, 11) is 0. The molecular formula is C10H19N3O3. The second kappa shape index (κ2) is 6.32. The highest BCUT2D eigenvalue weighted by molar-refractivity contribution is 5.82. The van der Waals surface area contributed by atoms with Gasteiger partial charge < -0.3 is 20.6 Å². The summed E-state index contributed by atoms with van der Waals surface area (Å²) in [6, 6.07) is -1.28. The summed E-state index contributed by atoms with van der Waals surface area (Å²) < 4.78 is 0. The number of carbonyl (C=O) groups is 2. The molecule has 0 saturated carbocycles. The number of carbonyl (C=O) groups excluding carboxylic acids is 1. The second-order valence-corrected chi connectivity index (χ2v) is 4.01. The number of likely N-dealkylation sites (tertiary alicyclic amines) is 1. The van der Waals surface area contributed by atoms with E-state index in [1.54, 1.807) is 0 Å². The van der Waals surface area contributed by atoms with Crippen LogP contribution in [-0.4, -0.2) is 54.2 Å². The second-order valence-electron chi connectivity index (χ2n) is 4.01. The third-order valence-corrected chi connectivity index (χ3v) is 2.63. The van der Waals surface area contributed by atoms with Gasteiger partial charge in [-0.2, -0.15) is 0 Å². The van der Waals surface area contributed by atoms with Crippen molar-refractivity contribution in [2.45, 2.75) is 25.8 Å². The number of hydrogen-bond donors (Lipinski definition) is 3. The first-order valence-electron chi connectivity index (χ1n) is 5.59. The lowest BCUT2D eigenvalue weighted by Crippen LogP contribution is -2.46. The molecule has 0 spiro atoms. The first-order valence-corrected chi connectivity index (χ1v) is 5.59. The summed E-state index contributed by atoms with van der Waals surface area (Å²) in [5, 5.41) is 13.6. The molecule has 3 N–H and O–H groups in total.